The van der Waals surface area contributed by atoms with E-state index in [2.05, 4.69) is 10.3 Å². The Balaban J connectivity index is 2.26. The molecule has 6 nitrogen and oxygen atoms in total. The zero-order chi connectivity index (χ0) is 14.7. The van der Waals surface area contributed by atoms with Crippen LogP contribution in [-0.2, 0) is 0 Å². The molecule has 1 unspecified atom stereocenters. The molecule has 104 valence electrons. The van der Waals surface area contributed by atoms with Crippen LogP contribution in [0.3, 0.4) is 0 Å². The Bertz CT molecular complexity index is 645. The van der Waals surface area contributed by atoms with Crippen LogP contribution in [0, 0.1) is 10.1 Å². The molecule has 0 aromatic carbocycles. The number of halogens is 1. The van der Waals surface area contributed by atoms with Gasteiger partial charge in [-0.3, -0.25) is 14.9 Å². The van der Waals surface area contributed by atoms with Gasteiger partial charge >= 0.3 is 5.69 Å². The summed E-state index contributed by atoms with van der Waals surface area (Å²) >= 11 is 7.18. The maximum atomic E-state index is 12.1. The topological polar surface area (TPSA) is 85.1 Å². The molecule has 2 aromatic rings. The largest absolute Gasteiger partial charge is 0.345 e. The van der Waals surface area contributed by atoms with Gasteiger partial charge in [-0.2, -0.15) is 11.3 Å². The third kappa shape index (κ3) is 2.94. The Kier molecular flexibility index (Phi) is 4.31. The van der Waals surface area contributed by atoms with E-state index in [-0.39, 0.29) is 16.8 Å². The molecule has 2 rings (SSSR count). The molecular formula is C12H10ClN3O3S. The lowest BCUT2D eigenvalue weighted by Crippen LogP contribution is -2.27. The standard InChI is InChI=1S/C12H10ClN3O3S/c1-7(8-3-5-20-6-8)15-12(17)9-2-4-14-11(13)10(9)16(18)19/h2-7H,1H3,(H,15,17). The minimum atomic E-state index is -0.709. The quantitative estimate of drug-likeness (QED) is 0.534. The normalized spacial score (nSPS) is 11.9. The van der Waals surface area contributed by atoms with Gasteiger partial charge in [-0.1, -0.05) is 11.6 Å². The second kappa shape index (κ2) is 5.98. The van der Waals surface area contributed by atoms with E-state index >= 15 is 0 Å². The Morgan fingerprint density at radius 3 is 2.90 bits per heavy atom. The lowest BCUT2D eigenvalue weighted by Gasteiger charge is -2.12. The van der Waals surface area contributed by atoms with E-state index in [4.69, 9.17) is 11.6 Å². The molecule has 1 atom stereocenters. The first-order valence-electron chi connectivity index (χ1n) is 5.62. The van der Waals surface area contributed by atoms with Crippen molar-refractivity contribution >= 4 is 34.5 Å². The first-order chi connectivity index (χ1) is 9.50. The minimum absolute atomic E-state index is 0.0999. The van der Waals surface area contributed by atoms with Crippen molar-refractivity contribution in [3.63, 3.8) is 0 Å². The van der Waals surface area contributed by atoms with Crippen LogP contribution in [0.5, 0.6) is 0 Å². The first-order valence-corrected chi connectivity index (χ1v) is 6.94. The number of amides is 1. The van der Waals surface area contributed by atoms with Crippen LogP contribution in [0.4, 0.5) is 5.69 Å². The highest BCUT2D eigenvalue weighted by Gasteiger charge is 2.25. The Morgan fingerprint density at radius 1 is 1.55 bits per heavy atom. The van der Waals surface area contributed by atoms with Gasteiger partial charge in [0.2, 0.25) is 5.15 Å². The number of nitro groups is 1. The van der Waals surface area contributed by atoms with Gasteiger partial charge in [-0.15, -0.1) is 0 Å². The average molecular weight is 312 g/mol. The fraction of sp³-hybridized carbons (Fsp3) is 0.167. The average Bonchev–Trinajstić information content (AvgIpc) is 2.91. The maximum Gasteiger partial charge on any atom is 0.319 e. The molecule has 1 N–H and O–H groups in total. The van der Waals surface area contributed by atoms with Gasteiger partial charge < -0.3 is 5.32 Å². The number of carbonyl (C=O) groups is 1. The Hall–Kier alpha value is -1.99. The van der Waals surface area contributed by atoms with Crippen molar-refractivity contribution in [3.8, 4) is 0 Å². The van der Waals surface area contributed by atoms with E-state index in [0.717, 1.165) is 5.56 Å². The van der Waals surface area contributed by atoms with E-state index in [1.165, 1.54) is 23.6 Å². The van der Waals surface area contributed by atoms with E-state index in [1.807, 2.05) is 16.8 Å². The third-order valence-electron chi connectivity index (χ3n) is 2.70. The van der Waals surface area contributed by atoms with Crippen LogP contribution in [-0.4, -0.2) is 15.8 Å². The molecule has 2 heterocycles. The van der Waals surface area contributed by atoms with E-state index in [9.17, 15) is 14.9 Å². The van der Waals surface area contributed by atoms with E-state index in [0.29, 0.717) is 0 Å². The molecule has 0 fully saturated rings. The number of hydrogen-bond donors (Lipinski definition) is 1. The van der Waals surface area contributed by atoms with Crippen LogP contribution in [0.2, 0.25) is 5.15 Å². The van der Waals surface area contributed by atoms with Crippen molar-refractivity contribution in [2.45, 2.75) is 13.0 Å². The van der Waals surface area contributed by atoms with Gasteiger partial charge in [-0.25, -0.2) is 4.98 Å². The number of pyridine rings is 1. The molecule has 0 aliphatic carbocycles. The molecule has 0 saturated carbocycles. The van der Waals surface area contributed by atoms with Gasteiger partial charge in [0.25, 0.3) is 5.91 Å². The summed E-state index contributed by atoms with van der Waals surface area (Å²) in [5.41, 5.74) is 0.354. The first kappa shape index (κ1) is 14.4. The summed E-state index contributed by atoms with van der Waals surface area (Å²) in [6.07, 6.45) is 1.26. The van der Waals surface area contributed by atoms with Crippen molar-refractivity contribution < 1.29 is 9.72 Å². The SMILES string of the molecule is CC(NC(=O)c1ccnc(Cl)c1[N+](=O)[O-])c1ccsc1. The zero-order valence-electron chi connectivity index (χ0n) is 10.4. The number of rotatable bonds is 4. The van der Waals surface area contributed by atoms with Gasteiger partial charge in [0.1, 0.15) is 5.56 Å². The molecule has 2 aromatic heterocycles. The summed E-state index contributed by atoms with van der Waals surface area (Å²) in [6, 6.07) is 2.91. The second-order valence-corrected chi connectivity index (χ2v) is 5.14. The van der Waals surface area contributed by atoms with Crippen LogP contribution < -0.4 is 5.32 Å². The molecule has 0 spiro atoms. The molecule has 0 radical (unpaired) electrons. The van der Waals surface area contributed by atoms with Gasteiger partial charge in [0.15, 0.2) is 0 Å². The number of carbonyl (C=O) groups excluding carboxylic acids is 1. The lowest BCUT2D eigenvalue weighted by atomic mass is 10.1. The van der Waals surface area contributed by atoms with Crippen molar-refractivity contribution in [2.24, 2.45) is 0 Å². The number of thiophene rings is 1. The fourth-order valence-electron chi connectivity index (χ4n) is 1.66. The summed E-state index contributed by atoms with van der Waals surface area (Å²) in [5.74, 6) is -0.556. The third-order valence-corrected chi connectivity index (χ3v) is 3.68. The fourth-order valence-corrected chi connectivity index (χ4v) is 2.65. The molecule has 0 aliphatic heterocycles. The highest BCUT2D eigenvalue weighted by molar-refractivity contribution is 7.07. The molecule has 8 heteroatoms. The monoisotopic (exact) mass is 311 g/mol. The van der Waals surface area contributed by atoms with Crippen LogP contribution in [0.1, 0.15) is 28.9 Å². The molecule has 1 amide bonds. The summed E-state index contributed by atoms with van der Waals surface area (Å²) in [5, 5.41) is 17.2. The predicted octanol–water partition coefficient (Wildman–Crippen LogP) is 3.20. The predicted molar refractivity (Wildman–Crippen MR) is 76.1 cm³/mol. The number of hydrogen-bond acceptors (Lipinski definition) is 5. The van der Waals surface area contributed by atoms with Crippen molar-refractivity contribution in [1.82, 2.24) is 10.3 Å². The van der Waals surface area contributed by atoms with Crippen molar-refractivity contribution in [2.75, 3.05) is 0 Å². The van der Waals surface area contributed by atoms with Crippen LogP contribution >= 0.6 is 22.9 Å². The molecular weight excluding hydrogens is 302 g/mol. The maximum absolute atomic E-state index is 12.1. The van der Waals surface area contributed by atoms with Crippen molar-refractivity contribution in [1.29, 1.82) is 0 Å². The van der Waals surface area contributed by atoms with Gasteiger partial charge in [0.05, 0.1) is 11.0 Å². The summed E-state index contributed by atoms with van der Waals surface area (Å²) < 4.78 is 0. The summed E-state index contributed by atoms with van der Waals surface area (Å²) in [6.45, 7) is 1.80. The van der Waals surface area contributed by atoms with Crippen LogP contribution in [0.25, 0.3) is 0 Å². The number of nitrogens with one attached hydrogen (secondary N) is 1. The van der Waals surface area contributed by atoms with Crippen LogP contribution in [0.15, 0.2) is 29.1 Å². The number of aromatic nitrogens is 1. The lowest BCUT2D eigenvalue weighted by molar-refractivity contribution is -0.385. The highest BCUT2D eigenvalue weighted by Crippen LogP contribution is 2.26. The van der Waals surface area contributed by atoms with E-state index in [1.54, 1.807) is 6.92 Å². The van der Waals surface area contributed by atoms with Gasteiger partial charge in [-0.05, 0) is 35.4 Å². The minimum Gasteiger partial charge on any atom is -0.345 e. The van der Waals surface area contributed by atoms with Gasteiger partial charge in [0, 0.05) is 6.20 Å². The molecule has 0 aliphatic rings. The Labute approximate surface area is 123 Å². The zero-order valence-corrected chi connectivity index (χ0v) is 11.9. The molecule has 20 heavy (non-hydrogen) atoms. The Morgan fingerprint density at radius 2 is 2.30 bits per heavy atom. The number of nitrogens with zero attached hydrogens (tertiary/aromatic N) is 2. The summed E-state index contributed by atoms with van der Waals surface area (Å²) in [7, 11) is 0. The molecule has 0 saturated heterocycles. The van der Waals surface area contributed by atoms with Crippen molar-refractivity contribution in [3.05, 3.63) is 55.5 Å². The summed E-state index contributed by atoms with van der Waals surface area (Å²) in [4.78, 5) is 26.0. The highest BCUT2D eigenvalue weighted by atomic mass is 35.5. The second-order valence-electron chi connectivity index (χ2n) is 4.01. The molecule has 0 bridgehead atoms. The smallest absolute Gasteiger partial charge is 0.319 e. The van der Waals surface area contributed by atoms with E-state index < -0.39 is 16.5 Å².